The molecule has 0 aromatic heterocycles. The van der Waals surface area contributed by atoms with Crippen molar-refractivity contribution in [2.75, 3.05) is 38.1 Å². The van der Waals surface area contributed by atoms with Crippen LogP contribution in [0.4, 0.5) is 28.4 Å². The number of rotatable bonds is 7. The van der Waals surface area contributed by atoms with Crippen LogP contribution in [0.1, 0.15) is 42.4 Å². The summed E-state index contributed by atoms with van der Waals surface area (Å²) in [5.74, 6) is 0. The standard InChI is InChI=1S/C28H33F3N4O4/c29-28(30,31)22-7-3-20(4-8-22)17-34-13-11-27(12-14-34)19-35(26(37)39-27)18-21-5-9-23(10-6-21)33-25(36)32-16-24-2-1-15-38-24/h3-10,24H,1-2,11-19H2,(H2,32,33,36). The van der Waals surface area contributed by atoms with Gasteiger partial charge in [-0.3, -0.25) is 9.80 Å². The summed E-state index contributed by atoms with van der Waals surface area (Å²) >= 11 is 0. The molecule has 3 fully saturated rings. The van der Waals surface area contributed by atoms with E-state index < -0.39 is 17.3 Å². The Balaban J connectivity index is 1.07. The highest BCUT2D eigenvalue weighted by Gasteiger charge is 2.46. The third-order valence-electron chi connectivity index (χ3n) is 7.60. The maximum absolute atomic E-state index is 12.8. The summed E-state index contributed by atoms with van der Waals surface area (Å²) in [6.07, 6.45) is -1.30. The number of alkyl halides is 3. The maximum Gasteiger partial charge on any atom is 0.416 e. The van der Waals surface area contributed by atoms with Gasteiger partial charge in [-0.05, 0) is 48.2 Å². The smallest absolute Gasteiger partial charge is 0.416 e. The topological polar surface area (TPSA) is 83.1 Å². The van der Waals surface area contributed by atoms with Crippen molar-refractivity contribution in [2.24, 2.45) is 0 Å². The van der Waals surface area contributed by atoms with Crippen molar-refractivity contribution in [3.63, 3.8) is 0 Å². The summed E-state index contributed by atoms with van der Waals surface area (Å²) in [6.45, 7) is 4.06. The molecule has 3 aliphatic heterocycles. The number of carbonyl (C=O) groups excluding carboxylic acids is 2. The molecular weight excluding hydrogens is 513 g/mol. The molecule has 1 unspecified atom stereocenters. The number of nitrogens with zero attached hydrogens (tertiary/aromatic N) is 2. The van der Waals surface area contributed by atoms with Gasteiger partial charge < -0.3 is 20.1 Å². The summed E-state index contributed by atoms with van der Waals surface area (Å²) in [6, 6.07) is 12.3. The molecule has 0 aliphatic carbocycles. The molecule has 2 aromatic rings. The van der Waals surface area contributed by atoms with Crippen molar-refractivity contribution >= 4 is 17.8 Å². The number of carbonyl (C=O) groups is 2. The Kier molecular flexibility index (Phi) is 7.99. The molecule has 0 radical (unpaired) electrons. The molecule has 8 nitrogen and oxygen atoms in total. The molecule has 1 atom stereocenters. The van der Waals surface area contributed by atoms with E-state index in [-0.39, 0.29) is 18.2 Å². The van der Waals surface area contributed by atoms with Crippen LogP contribution >= 0.6 is 0 Å². The summed E-state index contributed by atoms with van der Waals surface area (Å²) in [5.41, 5.74) is 1.21. The lowest BCUT2D eigenvalue weighted by Crippen LogP contribution is -2.46. The van der Waals surface area contributed by atoms with Crippen LogP contribution < -0.4 is 10.6 Å². The zero-order valence-electron chi connectivity index (χ0n) is 21.6. The predicted molar refractivity (Wildman–Crippen MR) is 138 cm³/mol. The third-order valence-corrected chi connectivity index (χ3v) is 7.60. The quantitative estimate of drug-likeness (QED) is 0.511. The van der Waals surface area contributed by atoms with Crippen LogP contribution in [-0.4, -0.2) is 66.4 Å². The van der Waals surface area contributed by atoms with Gasteiger partial charge in [0.15, 0.2) is 0 Å². The summed E-state index contributed by atoms with van der Waals surface area (Å²) < 4.78 is 49.8. The number of piperidine rings is 1. The van der Waals surface area contributed by atoms with E-state index in [1.54, 1.807) is 17.0 Å². The molecule has 1 spiro atoms. The van der Waals surface area contributed by atoms with Crippen LogP contribution in [0.2, 0.25) is 0 Å². The molecule has 3 heterocycles. The Bertz CT molecular complexity index is 1140. The summed E-state index contributed by atoms with van der Waals surface area (Å²) in [7, 11) is 0. The number of amides is 3. The minimum atomic E-state index is -4.34. The van der Waals surface area contributed by atoms with Crippen molar-refractivity contribution in [3.05, 3.63) is 65.2 Å². The van der Waals surface area contributed by atoms with E-state index in [2.05, 4.69) is 15.5 Å². The zero-order valence-corrected chi connectivity index (χ0v) is 21.6. The number of ether oxygens (including phenoxy) is 2. The van der Waals surface area contributed by atoms with E-state index in [1.165, 1.54) is 12.1 Å². The predicted octanol–water partition coefficient (Wildman–Crippen LogP) is 4.99. The van der Waals surface area contributed by atoms with Gasteiger partial charge in [-0.1, -0.05) is 24.3 Å². The molecular formula is C28H33F3N4O4. The zero-order chi connectivity index (χ0) is 27.5. The minimum absolute atomic E-state index is 0.0768. The molecule has 39 heavy (non-hydrogen) atoms. The molecule has 5 rings (SSSR count). The Labute approximate surface area is 225 Å². The van der Waals surface area contributed by atoms with E-state index in [9.17, 15) is 22.8 Å². The largest absolute Gasteiger partial charge is 0.441 e. The van der Waals surface area contributed by atoms with Crippen LogP contribution in [0.25, 0.3) is 0 Å². The fourth-order valence-corrected chi connectivity index (χ4v) is 5.35. The second-order valence-electron chi connectivity index (χ2n) is 10.5. The molecule has 2 N–H and O–H groups in total. The van der Waals surface area contributed by atoms with Gasteiger partial charge >= 0.3 is 18.3 Å². The lowest BCUT2D eigenvalue weighted by Gasteiger charge is -2.37. The van der Waals surface area contributed by atoms with Gasteiger partial charge in [0.25, 0.3) is 0 Å². The van der Waals surface area contributed by atoms with Crippen LogP contribution in [0.3, 0.4) is 0 Å². The highest BCUT2D eigenvalue weighted by atomic mass is 19.4. The molecule has 0 saturated carbocycles. The molecule has 3 saturated heterocycles. The van der Waals surface area contributed by atoms with E-state index in [1.807, 2.05) is 12.1 Å². The first-order chi connectivity index (χ1) is 18.7. The van der Waals surface area contributed by atoms with Crippen LogP contribution in [0, 0.1) is 0 Å². The Morgan fingerprint density at radius 2 is 1.67 bits per heavy atom. The van der Waals surface area contributed by atoms with Crippen molar-refractivity contribution in [2.45, 2.75) is 56.7 Å². The molecule has 0 bridgehead atoms. The number of urea groups is 1. The van der Waals surface area contributed by atoms with Gasteiger partial charge in [-0.15, -0.1) is 0 Å². The second-order valence-corrected chi connectivity index (χ2v) is 10.5. The molecule has 210 valence electrons. The Morgan fingerprint density at radius 3 is 2.31 bits per heavy atom. The number of hydrogen-bond acceptors (Lipinski definition) is 5. The Hall–Kier alpha value is -3.31. The average Bonchev–Trinajstić information content (AvgIpc) is 3.53. The monoisotopic (exact) mass is 546 g/mol. The second kappa shape index (κ2) is 11.4. The first-order valence-electron chi connectivity index (χ1n) is 13.3. The fraction of sp³-hybridized carbons (Fsp3) is 0.500. The van der Waals surface area contributed by atoms with Gasteiger partial charge in [0.2, 0.25) is 0 Å². The minimum Gasteiger partial charge on any atom is -0.441 e. The highest BCUT2D eigenvalue weighted by molar-refractivity contribution is 5.89. The van der Waals surface area contributed by atoms with E-state index in [4.69, 9.17) is 9.47 Å². The maximum atomic E-state index is 12.8. The van der Waals surface area contributed by atoms with Crippen LogP contribution in [-0.2, 0) is 28.7 Å². The number of anilines is 1. The van der Waals surface area contributed by atoms with E-state index >= 15 is 0 Å². The van der Waals surface area contributed by atoms with Crippen molar-refractivity contribution in [1.82, 2.24) is 15.1 Å². The first-order valence-corrected chi connectivity index (χ1v) is 13.3. The number of nitrogens with one attached hydrogen (secondary N) is 2. The normalized spacial score (nSPS) is 21.3. The van der Waals surface area contributed by atoms with Gasteiger partial charge in [-0.25, -0.2) is 9.59 Å². The molecule has 11 heteroatoms. The van der Waals surface area contributed by atoms with E-state index in [0.717, 1.165) is 42.7 Å². The van der Waals surface area contributed by atoms with Gasteiger partial charge in [0, 0.05) is 57.9 Å². The lowest BCUT2D eigenvalue weighted by molar-refractivity contribution is -0.137. The van der Waals surface area contributed by atoms with Gasteiger partial charge in [-0.2, -0.15) is 13.2 Å². The fourth-order valence-electron chi connectivity index (χ4n) is 5.35. The van der Waals surface area contributed by atoms with Crippen molar-refractivity contribution in [1.29, 1.82) is 0 Å². The number of hydrogen-bond donors (Lipinski definition) is 2. The molecule has 3 aliphatic rings. The SMILES string of the molecule is O=C(NCC1CCCO1)Nc1ccc(CN2CC3(CCN(Cc4ccc(C(F)(F)F)cc4)CC3)OC2=O)cc1. The number of halogens is 3. The average molecular weight is 547 g/mol. The third kappa shape index (κ3) is 7.02. The Morgan fingerprint density at radius 1 is 1.00 bits per heavy atom. The van der Waals surface area contributed by atoms with Gasteiger partial charge in [0.1, 0.15) is 5.60 Å². The van der Waals surface area contributed by atoms with Crippen LogP contribution in [0.5, 0.6) is 0 Å². The van der Waals surface area contributed by atoms with Crippen molar-refractivity contribution < 1.29 is 32.2 Å². The summed E-state index contributed by atoms with van der Waals surface area (Å²) in [4.78, 5) is 28.7. The van der Waals surface area contributed by atoms with E-state index in [0.29, 0.717) is 57.8 Å². The highest BCUT2D eigenvalue weighted by Crippen LogP contribution is 2.35. The van der Waals surface area contributed by atoms with Crippen molar-refractivity contribution in [3.8, 4) is 0 Å². The molecule has 2 aromatic carbocycles. The molecule has 3 amide bonds. The lowest BCUT2D eigenvalue weighted by atomic mass is 9.91. The van der Waals surface area contributed by atoms with Crippen LogP contribution in [0.15, 0.2) is 48.5 Å². The first kappa shape index (κ1) is 27.3. The van der Waals surface area contributed by atoms with Gasteiger partial charge in [0.05, 0.1) is 18.2 Å². The summed E-state index contributed by atoms with van der Waals surface area (Å²) in [5, 5.41) is 5.63. The number of likely N-dealkylation sites (tertiary alicyclic amines) is 1. The number of benzene rings is 2.